The van der Waals surface area contributed by atoms with Crippen LogP contribution < -0.4 is 15.4 Å². The number of ether oxygens (including phenoxy) is 1. The number of fused-ring (bicyclic) bond motifs is 1. The Labute approximate surface area is 195 Å². The van der Waals surface area contributed by atoms with E-state index in [0.717, 1.165) is 0 Å². The number of carbonyl (C=O) groups excluding carboxylic acids is 3. The van der Waals surface area contributed by atoms with Gasteiger partial charge in [0, 0.05) is 44.1 Å². The van der Waals surface area contributed by atoms with Gasteiger partial charge in [-0.25, -0.2) is 9.97 Å². The molecule has 0 aliphatic carbocycles. The second kappa shape index (κ2) is 8.78. The summed E-state index contributed by atoms with van der Waals surface area (Å²) in [7, 11) is 0. The van der Waals surface area contributed by atoms with Gasteiger partial charge in [-0.2, -0.15) is 0 Å². The summed E-state index contributed by atoms with van der Waals surface area (Å²) in [5, 5.41) is 0. The molecule has 9 heteroatoms. The molecule has 3 aromatic rings. The summed E-state index contributed by atoms with van der Waals surface area (Å²) >= 11 is 0. The zero-order valence-corrected chi connectivity index (χ0v) is 18.2. The zero-order valence-electron chi connectivity index (χ0n) is 18.2. The van der Waals surface area contributed by atoms with Gasteiger partial charge in [0.25, 0.3) is 11.8 Å². The molecule has 2 amide bonds. The number of para-hydroxylation sites is 1. The first kappa shape index (κ1) is 21.3. The summed E-state index contributed by atoms with van der Waals surface area (Å²) in [6.45, 7) is 2.38. The van der Waals surface area contributed by atoms with E-state index in [1.165, 1.54) is 6.07 Å². The lowest BCUT2D eigenvalue weighted by Gasteiger charge is -2.34. The van der Waals surface area contributed by atoms with E-state index in [4.69, 9.17) is 10.5 Å². The number of piperazine rings is 1. The van der Waals surface area contributed by atoms with Crippen LogP contribution in [0.4, 0.5) is 5.95 Å². The molecule has 2 N–H and O–H groups in total. The Morgan fingerprint density at radius 1 is 0.971 bits per heavy atom. The predicted molar refractivity (Wildman–Crippen MR) is 124 cm³/mol. The molecule has 34 heavy (non-hydrogen) atoms. The second-order valence-electron chi connectivity index (χ2n) is 7.94. The van der Waals surface area contributed by atoms with Gasteiger partial charge in [0.2, 0.25) is 11.7 Å². The number of nitrogens with zero attached hydrogens (tertiary/aromatic N) is 4. The number of anilines is 1. The smallest absolute Gasteiger partial charge is 0.253 e. The SMILES string of the molecule is NC(=O)c1cccc2c1O/C(=C\c1cccc(C(=O)N3CCN(c4ncccn4)CC3)c1)C2=O. The van der Waals surface area contributed by atoms with Crippen molar-refractivity contribution < 1.29 is 19.1 Å². The number of aromatic nitrogens is 2. The molecule has 0 unspecified atom stereocenters. The normalized spacial score (nSPS) is 16.4. The van der Waals surface area contributed by atoms with E-state index in [1.807, 2.05) is 4.90 Å². The van der Waals surface area contributed by atoms with Gasteiger partial charge in [-0.15, -0.1) is 0 Å². The molecule has 0 atom stereocenters. The molecule has 0 saturated carbocycles. The molecule has 1 saturated heterocycles. The van der Waals surface area contributed by atoms with Gasteiger partial charge in [0.05, 0.1) is 11.1 Å². The lowest BCUT2D eigenvalue weighted by Crippen LogP contribution is -2.49. The maximum Gasteiger partial charge on any atom is 0.253 e. The summed E-state index contributed by atoms with van der Waals surface area (Å²) in [4.78, 5) is 49.9. The molecule has 5 rings (SSSR count). The highest BCUT2D eigenvalue weighted by Gasteiger charge is 2.31. The minimum Gasteiger partial charge on any atom is -0.452 e. The fraction of sp³-hybridized carbons (Fsp3) is 0.160. The maximum atomic E-state index is 13.1. The molecular weight excluding hydrogens is 434 g/mol. The Balaban J connectivity index is 1.31. The number of hydrogen-bond acceptors (Lipinski definition) is 7. The van der Waals surface area contributed by atoms with Crippen molar-refractivity contribution in [1.82, 2.24) is 14.9 Å². The monoisotopic (exact) mass is 455 g/mol. The fourth-order valence-corrected chi connectivity index (χ4v) is 4.06. The summed E-state index contributed by atoms with van der Waals surface area (Å²) in [6.07, 6.45) is 4.96. The molecule has 170 valence electrons. The lowest BCUT2D eigenvalue weighted by molar-refractivity contribution is 0.0746. The van der Waals surface area contributed by atoms with Crippen molar-refractivity contribution in [2.45, 2.75) is 0 Å². The van der Waals surface area contributed by atoms with Crippen molar-refractivity contribution in [3.05, 3.63) is 88.9 Å². The van der Waals surface area contributed by atoms with Crippen LogP contribution in [0, 0.1) is 0 Å². The van der Waals surface area contributed by atoms with Crippen molar-refractivity contribution in [1.29, 1.82) is 0 Å². The Bertz CT molecular complexity index is 1310. The average Bonchev–Trinajstić information content (AvgIpc) is 3.19. The van der Waals surface area contributed by atoms with Crippen molar-refractivity contribution >= 4 is 29.6 Å². The van der Waals surface area contributed by atoms with E-state index in [-0.39, 0.29) is 34.3 Å². The number of primary amides is 1. The first-order valence-electron chi connectivity index (χ1n) is 10.8. The first-order chi connectivity index (χ1) is 16.5. The van der Waals surface area contributed by atoms with E-state index < -0.39 is 5.91 Å². The van der Waals surface area contributed by atoms with Crippen LogP contribution in [0.25, 0.3) is 6.08 Å². The number of ketones is 1. The Morgan fingerprint density at radius 3 is 2.44 bits per heavy atom. The zero-order chi connectivity index (χ0) is 23.7. The highest BCUT2D eigenvalue weighted by molar-refractivity contribution is 6.16. The molecule has 0 bridgehead atoms. The highest BCUT2D eigenvalue weighted by Crippen LogP contribution is 2.35. The van der Waals surface area contributed by atoms with Gasteiger partial charge in [0.15, 0.2) is 11.5 Å². The number of carbonyl (C=O) groups is 3. The van der Waals surface area contributed by atoms with Gasteiger partial charge in [-0.3, -0.25) is 14.4 Å². The summed E-state index contributed by atoms with van der Waals surface area (Å²) < 4.78 is 5.68. The van der Waals surface area contributed by atoms with Gasteiger partial charge in [-0.1, -0.05) is 18.2 Å². The van der Waals surface area contributed by atoms with Gasteiger partial charge in [-0.05, 0) is 42.0 Å². The van der Waals surface area contributed by atoms with Crippen molar-refractivity contribution in [2.75, 3.05) is 31.1 Å². The van der Waals surface area contributed by atoms with E-state index in [1.54, 1.807) is 65.8 Å². The van der Waals surface area contributed by atoms with Crippen LogP contribution in [-0.4, -0.2) is 58.6 Å². The van der Waals surface area contributed by atoms with Crippen LogP contribution in [0.5, 0.6) is 5.75 Å². The third-order valence-corrected chi connectivity index (χ3v) is 5.79. The quantitative estimate of drug-likeness (QED) is 0.599. The van der Waals surface area contributed by atoms with Crippen molar-refractivity contribution in [3.8, 4) is 5.75 Å². The summed E-state index contributed by atoms with van der Waals surface area (Å²) in [5.41, 5.74) is 6.98. The number of Topliss-reactive ketones (excluding diaryl/α,β-unsaturated/α-hetero) is 1. The van der Waals surface area contributed by atoms with Gasteiger partial charge < -0.3 is 20.3 Å². The van der Waals surface area contributed by atoms with E-state index >= 15 is 0 Å². The molecule has 3 heterocycles. The van der Waals surface area contributed by atoms with Crippen LogP contribution in [0.3, 0.4) is 0 Å². The first-order valence-corrected chi connectivity index (χ1v) is 10.8. The predicted octanol–water partition coefficient (Wildman–Crippen LogP) is 2.15. The molecule has 2 aliphatic heterocycles. The average molecular weight is 455 g/mol. The molecule has 2 aromatic carbocycles. The van der Waals surface area contributed by atoms with E-state index in [0.29, 0.717) is 43.3 Å². The summed E-state index contributed by atoms with van der Waals surface area (Å²) in [5.74, 6) is -0.202. The number of amides is 2. The highest BCUT2D eigenvalue weighted by atomic mass is 16.5. The Kier molecular flexibility index (Phi) is 5.51. The molecule has 1 fully saturated rings. The summed E-state index contributed by atoms with van der Waals surface area (Å²) in [6, 6.07) is 13.5. The molecule has 1 aromatic heterocycles. The van der Waals surface area contributed by atoms with Crippen LogP contribution in [-0.2, 0) is 0 Å². The number of benzene rings is 2. The minimum atomic E-state index is -0.669. The maximum absolute atomic E-state index is 13.1. The van der Waals surface area contributed by atoms with Crippen molar-refractivity contribution in [2.24, 2.45) is 5.73 Å². The third-order valence-electron chi connectivity index (χ3n) is 5.79. The number of rotatable bonds is 4. The molecular formula is C25H21N5O4. The topological polar surface area (TPSA) is 119 Å². The second-order valence-corrected chi connectivity index (χ2v) is 7.94. The Hall–Kier alpha value is -4.53. The number of hydrogen-bond donors (Lipinski definition) is 1. The lowest BCUT2D eigenvalue weighted by atomic mass is 10.0. The van der Waals surface area contributed by atoms with Crippen molar-refractivity contribution in [3.63, 3.8) is 0 Å². The third kappa shape index (κ3) is 3.99. The standard InChI is InChI=1S/C25H21N5O4/c26-23(32)19-7-2-6-18-21(31)20(34-22(18)19)15-16-4-1-5-17(14-16)24(33)29-10-12-30(13-11-29)25-27-8-3-9-28-25/h1-9,14-15H,10-13H2,(H2,26,32)/b20-15-. The fourth-order valence-electron chi connectivity index (χ4n) is 4.06. The molecule has 0 radical (unpaired) electrons. The molecule has 2 aliphatic rings. The Morgan fingerprint density at radius 2 is 1.71 bits per heavy atom. The van der Waals surface area contributed by atoms with Gasteiger partial charge in [0.1, 0.15) is 0 Å². The molecule has 9 nitrogen and oxygen atoms in total. The van der Waals surface area contributed by atoms with Crippen LogP contribution in [0.1, 0.15) is 36.6 Å². The van der Waals surface area contributed by atoms with E-state index in [9.17, 15) is 14.4 Å². The number of allylic oxidation sites excluding steroid dienone is 1. The van der Waals surface area contributed by atoms with Crippen LogP contribution in [0.15, 0.2) is 66.7 Å². The largest absolute Gasteiger partial charge is 0.452 e. The minimum absolute atomic E-state index is 0.0739. The van der Waals surface area contributed by atoms with Crippen LogP contribution in [0.2, 0.25) is 0 Å². The van der Waals surface area contributed by atoms with E-state index in [2.05, 4.69) is 9.97 Å². The molecule has 0 spiro atoms. The number of nitrogens with two attached hydrogens (primary N) is 1. The van der Waals surface area contributed by atoms with Crippen LogP contribution >= 0.6 is 0 Å². The van der Waals surface area contributed by atoms with Gasteiger partial charge >= 0.3 is 0 Å².